The molecule has 3 aromatic rings. The molecule has 3 aromatic carbocycles. The van der Waals surface area contributed by atoms with E-state index >= 15 is 0 Å². The second-order valence-electron chi connectivity index (χ2n) is 6.64. The van der Waals surface area contributed by atoms with Crippen molar-refractivity contribution in [1.29, 1.82) is 0 Å². The highest BCUT2D eigenvalue weighted by Crippen LogP contribution is 2.25. The SMILES string of the molecule is O=C(CCc1ccccc1)Nc1ccc(NC(=O)CNc2cc(Cl)ccc2Cl)cc1. The predicted molar refractivity (Wildman–Crippen MR) is 123 cm³/mol. The number of aryl methyl sites for hydroxylation is 1. The number of carbonyl (C=O) groups excluding carboxylic acids is 2. The van der Waals surface area contributed by atoms with Gasteiger partial charge in [0.1, 0.15) is 0 Å². The van der Waals surface area contributed by atoms with E-state index < -0.39 is 0 Å². The molecule has 0 bridgehead atoms. The fourth-order valence-corrected chi connectivity index (χ4v) is 3.13. The highest BCUT2D eigenvalue weighted by molar-refractivity contribution is 6.35. The number of hydrogen-bond donors (Lipinski definition) is 3. The molecule has 0 radical (unpaired) electrons. The van der Waals surface area contributed by atoms with Crippen molar-refractivity contribution >= 4 is 52.1 Å². The van der Waals surface area contributed by atoms with Crippen LogP contribution in [0.2, 0.25) is 10.0 Å². The van der Waals surface area contributed by atoms with Crippen LogP contribution in [-0.2, 0) is 16.0 Å². The van der Waals surface area contributed by atoms with Crippen molar-refractivity contribution in [2.75, 3.05) is 22.5 Å². The van der Waals surface area contributed by atoms with Gasteiger partial charge in [-0.3, -0.25) is 9.59 Å². The standard InChI is InChI=1S/C23H21Cl2N3O2/c24-17-7-12-20(25)21(14-17)26-15-23(30)28-19-10-8-18(9-11-19)27-22(29)13-6-16-4-2-1-3-5-16/h1-5,7-12,14,26H,6,13,15H2,(H,27,29)(H,28,30). The molecule has 30 heavy (non-hydrogen) atoms. The van der Waals surface area contributed by atoms with Crippen LogP contribution in [0.15, 0.2) is 72.8 Å². The summed E-state index contributed by atoms with van der Waals surface area (Å²) in [5, 5.41) is 9.61. The van der Waals surface area contributed by atoms with Gasteiger partial charge in [0.15, 0.2) is 0 Å². The molecular formula is C23H21Cl2N3O2. The summed E-state index contributed by atoms with van der Waals surface area (Å²) in [5.74, 6) is -0.288. The van der Waals surface area contributed by atoms with E-state index in [4.69, 9.17) is 23.2 Å². The predicted octanol–water partition coefficient (Wildman–Crippen LogP) is 5.62. The third-order valence-electron chi connectivity index (χ3n) is 4.30. The molecule has 0 aromatic heterocycles. The average Bonchev–Trinajstić information content (AvgIpc) is 2.75. The number of rotatable bonds is 8. The Hall–Kier alpha value is -3.02. The number of amides is 2. The molecule has 2 amide bonds. The van der Waals surface area contributed by atoms with Gasteiger partial charge in [-0.05, 0) is 54.4 Å². The van der Waals surface area contributed by atoms with Gasteiger partial charge in [-0.2, -0.15) is 0 Å². The molecule has 0 saturated carbocycles. The minimum Gasteiger partial charge on any atom is -0.375 e. The molecule has 0 aliphatic carbocycles. The van der Waals surface area contributed by atoms with Gasteiger partial charge in [0.05, 0.1) is 17.3 Å². The molecule has 0 aliphatic heterocycles. The van der Waals surface area contributed by atoms with Gasteiger partial charge in [-0.1, -0.05) is 53.5 Å². The number of anilines is 3. The van der Waals surface area contributed by atoms with Gasteiger partial charge in [-0.25, -0.2) is 0 Å². The highest BCUT2D eigenvalue weighted by Gasteiger charge is 2.07. The first-order chi connectivity index (χ1) is 14.5. The lowest BCUT2D eigenvalue weighted by molar-refractivity contribution is -0.116. The Morgan fingerprint density at radius 3 is 2.07 bits per heavy atom. The van der Waals surface area contributed by atoms with Crippen molar-refractivity contribution < 1.29 is 9.59 Å². The third-order valence-corrected chi connectivity index (χ3v) is 4.87. The largest absolute Gasteiger partial charge is 0.375 e. The quantitative estimate of drug-likeness (QED) is 0.424. The van der Waals surface area contributed by atoms with Crippen LogP contribution < -0.4 is 16.0 Å². The normalized spacial score (nSPS) is 10.3. The van der Waals surface area contributed by atoms with Crippen LogP contribution in [0.5, 0.6) is 0 Å². The molecule has 0 spiro atoms. The number of carbonyl (C=O) groups is 2. The van der Waals surface area contributed by atoms with Crippen LogP contribution in [0, 0.1) is 0 Å². The second-order valence-corrected chi connectivity index (χ2v) is 7.48. The maximum absolute atomic E-state index is 12.1. The summed E-state index contributed by atoms with van der Waals surface area (Å²) in [6, 6.07) is 21.8. The fourth-order valence-electron chi connectivity index (χ4n) is 2.78. The van der Waals surface area contributed by atoms with Crippen molar-refractivity contribution in [2.24, 2.45) is 0 Å². The Morgan fingerprint density at radius 1 is 0.767 bits per heavy atom. The minimum atomic E-state index is -0.231. The Bertz CT molecular complexity index is 1010. The topological polar surface area (TPSA) is 70.2 Å². The average molecular weight is 442 g/mol. The molecule has 5 nitrogen and oxygen atoms in total. The zero-order valence-electron chi connectivity index (χ0n) is 16.1. The molecule has 0 aliphatic rings. The van der Waals surface area contributed by atoms with Crippen molar-refractivity contribution in [3.63, 3.8) is 0 Å². The van der Waals surface area contributed by atoms with Crippen LogP contribution in [-0.4, -0.2) is 18.4 Å². The first kappa shape index (κ1) is 21.7. The third kappa shape index (κ3) is 6.79. The Balaban J connectivity index is 1.45. The molecule has 0 unspecified atom stereocenters. The number of hydrogen-bond acceptors (Lipinski definition) is 3. The molecule has 3 rings (SSSR count). The monoisotopic (exact) mass is 441 g/mol. The van der Waals surface area contributed by atoms with Gasteiger partial charge < -0.3 is 16.0 Å². The van der Waals surface area contributed by atoms with Crippen molar-refractivity contribution in [1.82, 2.24) is 0 Å². The maximum atomic E-state index is 12.1. The van der Waals surface area contributed by atoms with Gasteiger partial charge in [0.2, 0.25) is 11.8 Å². The number of halogens is 2. The van der Waals surface area contributed by atoms with E-state index in [9.17, 15) is 9.59 Å². The summed E-state index contributed by atoms with van der Waals surface area (Å²) >= 11 is 12.0. The zero-order chi connectivity index (χ0) is 21.3. The first-order valence-corrected chi connectivity index (χ1v) is 10.2. The van der Waals surface area contributed by atoms with E-state index in [0.717, 1.165) is 5.56 Å². The summed E-state index contributed by atoms with van der Waals surface area (Å²) in [5.41, 5.74) is 3.02. The molecule has 154 valence electrons. The summed E-state index contributed by atoms with van der Waals surface area (Å²) in [6.07, 6.45) is 1.09. The van der Waals surface area contributed by atoms with Crippen LogP contribution in [0.4, 0.5) is 17.1 Å². The summed E-state index contributed by atoms with van der Waals surface area (Å²) in [4.78, 5) is 24.3. The van der Waals surface area contributed by atoms with Gasteiger partial charge >= 0.3 is 0 Å². The van der Waals surface area contributed by atoms with Gasteiger partial charge in [0.25, 0.3) is 0 Å². The van der Waals surface area contributed by atoms with E-state index in [1.54, 1.807) is 42.5 Å². The summed E-state index contributed by atoms with van der Waals surface area (Å²) in [7, 11) is 0. The van der Waals surface area contributed by atoms with Gasteiger partial charge in [-0.15, -0.1) is 0 Å². The number of benzene rings is 3. The molecule has 0 saturated heterocycles. The molecule has 7 heteroatoms. The van der Waals surface area contributed by atoms with Crippen molar-refractivity contribution in [2.45, 2.75) is 12.8 Å². The van der Waals surface area contributed by atoms with E-state index in [2.05, 4.69) is 16.0 Å². The second kappa shape index (κ2) is 10.7. The van der Waals surface area contributed by atoms with E-state index in [1.807, 2.05) is 30.3 Å². The lowest BCUT2D eigenvalue weighted by atomic mass is 10.1. The summed E-state index contributed by atoms with van der Waals surface area (Å²) in [6.45, 7) is 0.0397. The lowest BCUT2D eigenvalue weighted by Crippen LogP contribution is -2.21. The minimum absolute atomic E-state index is 0.0397. The van der Waals surface area contributed by atoms with Crippen molar-refractivity contribution in [3.05, 3.63) is 88.4 Å². The molecule has 3 N–H and O–H groups in total. The Kier molecular flexibility index (Phi) is 7.71. The van der Waals surface area contributed by atoms with E-state index in [0.29, 0.717) is 39.9 Å². The van der Waals surface area contributed by atoms with Crippen LogP contribution in [0.1, 0.15) is 12.0 Å². The maximum Gasteiger partial charge on any atom is 0.243 e. The number of nitrogens with one attached hydrogen (secondary N) is 3. The van der Waals surface area contributed by atoms with E-state index in [-0.39, 0.29) is 18.4 Å². The first-order valence-electron chi connectivity index (χ1n) is 9.42. The molecule has 0 heterocycles. The van der Waals surface area contributed by atoms with Gasteiger partial charge in [0, 0.05) is 22.8 Å². The van der Waals surface area contributed by atoms with Crippen LogP contribution >= 0.6 is 23.2 Å². The van der Waals surface area contributed by atoms with Crippen molar-refractivity contribution in [3.8, 4) is 0 Å². The van der Waals surface area contributed by atoms with Crippen LogP contribution in [0.3, 0.4) is 0 Å². The van der Waals surface area contributed by atoms with E-state index in [1.165, 1.54) is 0 Å². The lowest BCUT2D eigenvalue weighted by Gasteiger charge is -2.10. The summed E-state index contributed by atoms with van der Waals surface area (Å²) < 4.78 is 0. The Labute approximate surface area is 185 Å². The smallest absolute Gasteiger partial charge is 0.243 e. The molecular weight excluding hydrogens is 421 g/mol. The molecule has 0 atom stereocenters. The fraction of sp³-hybridized carbons (Fsp3) is 0.130. The zero-order valence-corrected chi connectivity index (χ0v) is 17.6. The highest BCUT2D eigenvalue weighted by atomic mass is 35.5. The Morgan fingerprint density at radius 2 is 1.40 bits per heavy atom. The molecule has 0 fully saturated rings. The van der Waals surface area contributed by atoms with Crippen LogP contribution in [0.25, 0.3) is 0 Å².